The van der Waals surface area contributed by atoms with Crippen LogP contribution >= 0.6 is 11.6 Å². The number of halogens is 1. The normalized spacial score (nSPS) is 11.3. The molecule has 0 aliphatic carbocycles. The Labute approximate surface area is 182 Å². The lowest BCUT2D eigenvalue weighted by Gasteiger charge is -2.12. The Morgan fingerprint density at radius 1 is 1.00 bits per heavy atom. The van der Waals surface area contributed by atoms with E-state index in [0.717, 1.165) is 23.0 Å². The summed E-state index contributed by atoms with van der Waals surface area (Å²) in [6, 6.07) is 16.6. The summed E-state index contributed by atoms with van der Waals surface area (Å²) in [5.41, 5.74) is 3.65. The highest BCUT2D eigenvalue weighted by atomic mass is 35.5. The number of aryl methyl sites for hydroxylation is 1. The minimum absolute atomic E-state index is 0.251. The molecule has 8 heteroatoms. The zero-order valence-corrected chi connectivity index (χ0v) is 17.8. The van der Waals surface area contributed by atoms with Gasteiger partial charge in [0.1, 0.15) is 16.9 Å². The molecule has 0 bridgehead atoms. The van der Waals surface area contributed by atoms with E-state index in [4.69, 9.17) is 11.6 Å². The first-order valence-corrected chi connectivity index (χ1v) is 10.3. The molecule has 0 unspecified atom stereocenters. The van der Waals surface area contributed by atoms with Crippen LogP contribution in [0.5, 0.6) is 0 Å². The minimum atomic E-state index is -0.251. The molecule has 0 fully saturated rings. The van der Waals surface area contributed by atoms with Crippen molar-refractivity contribution in [1.82, 2.24) is 24.5 Å². The van der Waals surface area contributed by atoms with Crippen LogP contribution in [0.4, 0.5) is 5.82 Å². The van der Waals surface area contributed by atoms with Crippen molar-refractivity contribution >= 4 is 39.4 Å². The van der Waals surface area contributed by atoms with Gasteiger partial charge in [0.2, 0.25) is 0 Å². The van der Waals surface area contributed by atoms with Gasteiger partial charge in [-0.05, 0) is 55.0 Å². The summed E-state index contributed by atoms with van der Waals surface area (Å²) >= 11 is 6.08. The number of benzene rings is 2. The van der Waals surface area contributed by atoms with Gasteiger partial charge in [-0.3, -0.25) is 9.48 Å². The predicted molar refractivity (Wildman–Crippen MR) is 124 cm³/mol. The van der Waals surface area contributed by atoms with Crippen LogP contribution in [0, 0.1) is 0 Å². The fourth-order valence-corrected chi connectivity index (χ4v) is 3.80. The molecule has 0 amide bonds. The van der Waals surface area contributed by atoms with E-state index in [2.05, 4.69) is 20.5 Å². The molecule has 0 saturated heterocycles. The van der Waals surface area contributed by atoms with E-state index in [1.807, 2.05) is 62.6 Å². The molecule has 5 aromatic rings. The molecule has 5 rings (SSSR count). The van der Waals surface area contributed by atoms with Crippen LogP contribution in [0.1, 0.15) is 6.92 Å². The maximum atomic E-state index is 13.7. The van der Waals surface area contributed by atoms with Gasteiger partial charge in [0.15, 0.2) is 0 Å². The number of aromatic nitrogens is 5. The van der Waals surface area contributed by atoms with Crippen molar-refractivity contribution in [1.29, 1.82) is 0 Å². The van der Waals surface area contributed by atoms with Crippen LogP contribution in [0.2, 0.25) is 5.02 Å². The quantitative estimate of drug-likeness (QED) is 0.456. The van der Waals surface area contributed by atoms with E-state index in [-0.39, 0.29) is 5.56 Å². The Bertz CT molecular complexity index is 1490. The third-order valence-electron chi connectivity index (χ3n) is 5.06. The first kappa shape index (κ1) is 19.3. The number of hydrogen-bond donors (Lipinski definition) is 1. The van der Waals surface area contributed by atoms with Crippen LogP contribution in [-0.2, 0) is 7.05 Å². The third kappa shape index (κ3) is 3.43. The molecule has 7 nitrogen and oxygen atoms in total. The van der Waals surface area contributed by atoms with Crippen LogP contribution in [0.3, 0.4) is 0 Å². The molecule has 0 aliphatic rings. The van der Waals surface area contributed by atoms with Crippen molar-refractivity contribution in [3.05, 3.63) is 76.2 Å². The van der Waals surface area contributed by atoms with Crippen LogP contribution in [0.15, 0.2) is 65.6 Å². The maximum Gasteiger partial charge on any atom is 0.281 e. The Hall–Kier alpha value is -3.71. The van der Waals surface area contributed by atoms with Gasteiger partial charge in [-0.25, -0.2) is 4.98 Å². The molecule has 154 valence electrons. The van der Waals surface area contributed by atoms with Gasteiger partial charge >= 0.3 is 0 Å². The lowest BCUT2D eigenvalue weighted by Crippen LogP contribution is -2.23. The van der Waals surface area contributed by atoms with Gasteiger partial charge in [-0.15, -0.1) is 0 Å². The highest BCUT2D eigenvalue weighted by molar-refractivity contribution is 6.30. The monoisotopic (exact) mass is 430 g/mol. The first-order chi connectivity index (χ1) is 15.0. The lowest BCUT2D eigenvalue weighted by atomic mass is 10.1. The number of nitrogens with one attached hydrogen (secondary N) is 1. The van der Waals surface area contributed by atoms with Crippen molar-refractivity contribution in [3.63, 3.8) is 0 Å². The number of nitrogens with zero attached hydrogens (tertiary/aromatic N) is 5. The molecule has 0 atom stereocenters. The van der Waals surface area contributed by atoms with Gasteiger partial charge in [-0.1, -0.05) is 23.7 Å². The largest absolute Gasteiger partial charge is 0.370 e. The zero-order chi connectivity index (χ0) is 21.5. The molecular weight excluding hydrogens is 412 g/mol. The fourth-order valence-electron chi connectivity index (χ4n) is 3.68. The van der Waals surface area contributed by atoms with Crippen molar-refractivity contribution in [2.75, 3.05) is 11.9 Å². The highest BCUT2D eigenvalue weighted by Gasteiger charge is 2.17. The van der Waals surface area contributed by atoms with Gasteiger partial charge < -0.3 is 5.32 Å². The highest BCUT2D eigenvalue weighted by Crippen LogP contribution is 2.26. The molecule has 0 radical (unpaired) electrons. The third-order valence-corrected chi connectivity index (χ3v) is 5.31. The maximum absolute atomic E-state index is 13.7. The van der Waals surface area contributed by atoms with E-state index in [1.165, 1.54) is 4.68 Å². The first-order valence-electron chi connectivity index (χ1n) is 9.91. The van der Waals surface area contributed by atoms with Crippen LogP contribution in [-0.4, -0.2) is 31.1 Å². The number of anilines is 1. The Balaban J connectivity index is 1.81. The fraction of sp³-hybridized carbons (Fsp3) is 0.130. The average Bonchev–Trinajstić information content (AvgIpc) is 3.14. The van der Waals surface area contributed by atoms with Gasteiger partial charge in [0, 0.05) is 30.2 Å². The molecular formula is C23H19ClN6O. The van der Waals surface area contributed by atoms with E-state index in [9.17, 15) is 4.79 Å². The predicted octanol–water partition coefficient (Wildman–Crippen LogP) is 4.42. The molecule has 31 heavy (non-hydrogen) atoms. The average molecular weight is 431 g/mol. The Morgan fingerprint density at radius 3 is 2.55 bits per heavy atom. The number of pyridine rings is 1. The molecule has 2 aromatic carbocycles. The topological polar surface area (TPSA) is 77.6 Å². The lowest BCUT2D eigenvalue weighted by molar-refractivity contribution is 0.780. The summed E-state index contributed by atoms with van der Waals surface area (Å²) < 4.78 is 3.17. The second-order valence-corrected chi connectivity index (χ2v) is 7.68. The standard InChI is InChI=1S/C23H19ClN6O/c1-3-25-20-11-10-19-22(26-20)21(14-4-6-16(24)7-5-14)23(31)30(28-19)17-8-9-18-15(12-17)13-29(2)27-18/h4-13H,3H2,1-2H3,(H,25,26). The van der Waals surface area contributed by atoms with Crippen molar-refractivity contribution < 1.29 is 0 Å². The summed E-state index contributed by atoms with van der Waals surface area (Å²) in [4.78, 5) is 18.3. The number of fused-ring (bicyclic) bond motifs is 2. The van der Waals surface area contributed by atoms with Crippen LogP contribution in [0.25, 0.3) is 38.8 Å². The molecule has 3 heterocycles. The summed E-state index contributed by atoms with van der Waals surface area (Å²) in [6.45, 7) is 2.72. The Kier molecular flexibility index (Phi) is 4.67. The second kappa shape index (κ2) is 7.52. The summed E-state index contributed by atoms with van der Waals surface area (Å²) in [7, 11) is 1.87. The van der Waals surface area contributed by atoms with Gasteiger partial charge in [0.05, 0.1) is 16.8 Å². The van der Waals surface area contributed by atoms with E-state index in [0.29, 0.717) is 33.1 Å². The molecule has 0 aliphatic heterocycles. The zero-order valence-electron chi connectivity index (χ0n) is 17.0. The van der Waals surface area contributed by atoms with E-state index in [1.54, 1.807) is 16.8 Å². The SMILES string of the molecule is CCNc1ccc2nn(-c3ccc4nn(C)cc4c3)c(=O)c(-c3ccc(Cl)cc3)c2n1. The summed E-state index contributed by atoms with van der Waals surface area (Å²) in [5, 5.41) is 13.8. The van der Waals surface area contributed by atoms with E-state index >= 15 is 0 Å². The van der Waals surface area contributed by atoms with Crippen LogP contribution < -0.4 is 10.9 Å². The summed E-state index contributed by atoms with van der Waals surface area (Å²) in [6.07, 6.45) is 1.91. The summed E-state index contributed by atoms with van der Waals surface area (Å²) in [5.74, 6) is 0.695. The minimum Gasteiger partial charge on any atom is -0.370 e. The van der Waals surface area contributed by atoms with Crippen molar-refractivity contribution in [2.24, 2.45) is 7.05 Å². The van der Waals surface area contributed by atoms with Gasteiger partial charge in [0.25, 0.3) is 5.56 Å². The Morgan fingerprint density at radius 2 is 1.77 bits per heavy atom. The molecule has 3 aromatic heterocycles. The number of hydrogen-bond acceptors (Lipinski definition) is 5. The van der Waals surface area contributed by atoms with Gasteiger partial charge in [-0.2, -0.15) is 14.9 Å². The second-order valence-electron chi connectivity index (χ2n) is 7.24. The smallest absolute Gasteiger partial charge is 0.281 e. The van der Waals surface area contributed by atoms with Crippen molar-refractivity contribution in [3.8, 4) is 16.8 Å². The molecule has 0 saturated carbocycles. The van der Waals surface area contributed by atoms with Crippen molar-refractivity contribution in [2.45, 2.75) is 6.92 Å². The molecule has 1 N–H and O–H groups in total. The van der Waals surface area contributed by atoms with E-state index < -0.39 is 0 Å². The molecule has 0 spiro atoms. The number of rotatable bonds is 4.